The SMILES string of the molecule is CCSCCC(C)NC(C)CC(N)=NO. The monoisotopic (exact) mass is 233 g/mol. The van der Waals surface area contributed by atoms with Crippen molar-refractivity contribution in [2.45, 2.75) is 45.7 Å². The Morgan fingerprint density at radius 3 is 2.67 bits per heavy atom. The van der Waals surface area contributed by atoms with Crippen LogP contribution in [0.25, 0.3) is 0 Å². The van der Waals surface area contributed by atoms with E-state index in [-0.39, 0.29) is 11.9 Å². The quantitative estimate of drug-likeness (QED) is 0.196. The van der Waals surface area contributed by atoms with Crippen molar-refractivity contribution in [2.24, 2.45) is 10.9 Å². The number of hydrogen-bond donors (Lipinski definition) is 3. The van der Waals surface area contributed by atoms with Gasteiger partial charge in [0.15, 0.2) is 0 Å². The van der Waals surface area contributed by atoms with Gasteiger partial charge in [0.1, 0.15) is 5.84 Å². The lowest BCUT2D eigenvalue weighted by Crippen LogP contribution is -2.37. The molecule has 4 nitrogen and oxygen atoms in total. The molecular formula is C10H23N3OS. The predicted molar refractivity (Wildman–Crippen MR) is 67.7 cm³/mol. The van der Waals surface area contributed by atoms with Gasteiger partial charge in [0.2, 0.25) is 0 Å². The van der Waals surface area contributed by atoms with E-state index in [1.54, 1.807) is 0 Å². The second kappa shape index (κ2) is 8.85. The normalized spacial score (nSPS) is 16.3. The summed E-state index contributed by atoms with van der Waals surface area (Å²) in [5.41, 5.74) is 5.43. The van der Waals surface area contributed by atoms with Gasteiger partial charge in [0, 0.05) is 18.5 Å². The highest BCUT2D eigenvalue weighted by atomic mass is 32.2. The van der Waals surface area contributed by atoms with Crippen LogP contribution >= 0.6 is 11.8 Å². The topological polar surface area (TPSA) is 70.6 Å². The lowest BCUT2D eigenvalue weighted by atomic mass is 10.1. The van der Waals surface area contributed by atoms with E-state index in [0.29, 0.717) is 12.5 Å². The molecule has 0 saturated carbocycles. The molecule has 0 radical (unpaired) electrons. The van der Waals surface area contributed by atoms with Gasteiger partial charge in [-0.2, -0.15) is 11.8 Å². The van der Waals surface area contributed by atoms with Gasteiger partial charge < -0.3 is 16.3 Å². The van der Waals surface area contributed by atoms with Crippen LogP contribution in [0.3, 0.4) is 0 Å². The van der Waals surface area contributed by atoms with Crippen molar-refractivity contribution in [2.75, 3.05) is 11.5 Å². The summed E-state index contributed by atoms with van der Waals surface area (Å²) < 4.78 is 0. The van der Waals surface area contributed by atoms with Gasteiger partial charge in [-0.05, 0) is 31.8 Å². The third-order valence-corrected chi connectivity index (χ3v) is 3.04. The molecule has 0 aromatic heterocycles. The van der Waals surface area contributed by atoms with E-state index < -0.39 is 0 Å². The lowest BCUT2D eigenvalue weighted by Gasteiger charge is -2.19. The van der Waals surface area contributed by atoms with Crippen LogP contribution in [0.1, 0.15) is 33.6 Å². The van der Waals surface area contributed by atoms with Crippen molar-refractivity contribution in [3.8, 4) is 0 Å². The molecule has 0 bridgehead atoms. The summed E-state index contributed by atoms with van der Waals surface area (Å²) in [7, 11) is 0. The molecule has 0 aliphatic rings. The Balaban J connectivity index is 3.61. The number of nitrogens with one attached hydrogen (secondary N) is 1. The van der Waals surface area contributed by atoms with Crippen molar-refractivity contribution in [1.29, 1.82) is 0 Å². The minimum atomic E-state index is 0.252. The summed E-state index contributed by atoms with van der Waals surface area (Å²) in [6.45, 7) is 6.38. The molecule has 2 unspecified atom stereocenters. The minimum Gasteiger partial charge on any atom is -0.409 e. The van der Waals surface area contributed by atoms with Crippen molar-refractivity contribution in [3.63, 3.8) is 0 Å². The molecule has 0 rings (SSSR count). The highest BCUT2D eigenvalue weighted by Gasteiger charge is 2.08. The summed E-state index contributed by atoms with van der Waals surface area (Å²) in [4.78, 5) is 0. The first-order valence-corrected chi connectivity index (χ1v) is 6.55. The number of hydrogen-bond acceptors (Lipinski definition) is 4. The van der Waals surface area contributed by atoms with Gasteiger partial charge in [-0.25, -0.2) is 0 Å². The summed E-state index contributed by atoms with van der Waals surface area (Å²) in [5.74, 6) is 2.64. The lowest BCUT2D eigenvalue weighted by molar-refractivity contribution is 0.315. The third-order valence-electron chi connectivity index (χ3n) is 2.11. The summed E-state index contributed by atoms with van der Waals surface area (Å²) in [6, 6.07) is 0.730. The number of amidine groups is 1. The first kappa shape index (κ1) is 14.6. The maximum atomic E-state index is 8.42. The Hall–Kier alpha value is -0.420. The Kier molecular flexibility index (Phi) is 8.61. The average molecular weight is 233 g/mol. The van der Waals surface area contributed by atoms with Crippen LogP contribution in [0.5, 0.6) is 0 Å². The third kappa shape index (κ3) is 8.57. The highest BCUT2D eigenvalue weighted by molar-refractivity contribution is 7.99. The fourth-order valence-electron chi connectivity index (χ4n) is 1.39. The van der Waals surface area contributed by atoms with Gasteiger partial charge in [0.05, 0.1) is 0 Å². The molecule has 0 aliphatic carbocycles. The maximum Gasteiger partial charge on any atom is 0.140 e. The van der Waals surface area contributed by atoms with E-state index in [1.807, 2.05) is 18.7 Å². The van der Waals surface area contributed by atoms with Crippen LogP contribution in [0.4, 0.5) is 0 Å². The van der Waals surface area contributed by atoms with Gasteiger partial charge >= 0.3 is 0 Å². The molecular weight excluding hydrogens is 210 g/mol. The second-order valence-electron chi connectivity index (χ2n) is 3.75. The molecule has 5 heteroatoms. The zero-order valence-electron chi connectivity index (χ0n) is 9.86. The van der Waals surface area contributed by atoms with E-state index in [9.17, 15) is 0 Å². The summed E-state index contributed by atoms with van der Waals surface area (Å²) in [5, 5.41) is 14.8. The molecule has 2 atom stereocenters. The first-order chi connectivity index (χ1) is 7.10. The number of oxime groups is 1. The molecule has 0 amide bonds. The van der Waals surface area contributed by atoms with Gasteiger partial charge in [-0.1, -0.05) is 12.1 Å². The van der Waals surface area contributed by atoms with Crippen molar-refractivity contribution < 1.29 is 5.21 Å². The molecule has 90 valence electrons. The van der Waals surface area contributed by atoms with Crippen LogP contribution in [-0.4, -0.2) is 34.6 Å². The van der Waals surface area contributed by atoms with Crippen LogP contribution < -0.4 is 11.1 Å². The molecule has 0 aliphatic heterocycles. The molecule has 0 fully saturated rings. The molecule has 0 saturated heterocycles. The number of nitrogens with two attached hydrogens (primary N) is 1. The van der Waals surface area contributed by atoms with Crippen molar-refractivity contribution in [1.82, 2.24) is 5.32 Å². The number of thioether (sulfide) groups is 1. The molecule has 0 aromatic rings. The summed E-state index contributed by atoms with van der Waals surface area (Å²) in [6.07, 6.45) is 1.74. The van der Waals surface area contributed by atoms with E-state index in [0.717, 1.165) is 6.42 Å². The molecule has 0 aromatic carbocycles. The summed E-state index contributed by atoms with van der Waals surface area (Å²) >= 11 is 1.95. The van der Waals surface area contributed by atoms with Crippen LogP contribution in [0.15, 0.2) is 5.16 Å². The second-order valence-corrected chi connectivity index (χ2v) is 5.14. The van der Waals surface area contributed by atoms with E-state index >= 15 is 0 Å². The van der Waals surface area contributed by atoms with Crippen LogP contribution in [0, 0.1) is 0 Å². The van der Waals surface area contributed by atoms with Crippen LogP contribution in [0.2, 0.25) is 0 Å². The van der Waals surface area contributed by atoms with Crippen LogP contribution in [-0.2, 0) is 0 Å². The van der Waals surface area contributed by atoms with E-state index in [2.05, 4.69) is 24.3 Å². The fraction of sp³-hybridized carbons (Fsp3) is 0.900. The molecule has 0 heterocycles. The Labute approximate surface area is 96.7 Å². The predicted octanol–water partition coefficient (Wildman–Crippen LogP) is 1.63. The van der Waals surface area contributed by atoms with Gasteiger partial charge in [0.25, 0.3) is 0 Å². The Bertz CT molecular complexity index is 188. The van der Waals surface area contributed by atoms with E-state index in [4.69, 9.17) is 10.9 Å². The molecule has 4 N–H and O–H groups in total. The first-order valence-electron chi connectivity index (χ1n) is 5.40. The minimum absolute atomic E-state index is 0.252. The maximum absolute atomic E-state index is 8.42. The van der Waals surface area contributed by atoms with E-state index in [1.165, 1.54) is 11.5 Å². The Morgan fingerprint density at radius 1 is 1.47 bits per heavy atom. The molecule has 0 spiro atoms. The van der Waals surface area contributed by atoms with Crippen molar-refractivity contribution in [3.05, 3.63) is 0 Å². The fourth-order valence-corrected chi connectivity index (χ4v) is 2.20. The standard InChI is InChI=1S/C10H23N3OS/c1-4-15-6-5-8(2)12-9(3)7-10(11)13-14/h8-9,12,14H,4-7H2,1-3H3,(H2,11,13). The highest BCUT2D eigenvalue weighted by Crippen LogP contribution is 2.05. The largest absolute Gasteiger partial charge is 0.409 e. The smallest absolute Gasteiger partial charge is 0.140 e. The van der Waals surface area contributed by atoms with Crippen molar-refractivity contribution >= 4 is 17.6 Å². The zero-order chi connectivity index (χ0) is 11.7. The Morgan fingerprint density at radius 2 is 2.13 bits per heavy atom. The number of nitrogens with zero attached hydrogens (tertiary/aromatic N) is 1. The van der Waals surface area contributed by atoms with Gasteiger partial charge in [-0.3, -0.25) is 0 Å². The zero-order valence-corrected chi connectivity index (χ0v) is 10.7. The average Bonchev–Trinajstić information content (AvgIpc) is 2.17. The molecule has 15 heavy (non-hydrogen) atoms. The number of rotatable bonds is 8. The van der Waals surface area contributed by atoms with Gasteiger partial charge in [-0.15, -0.1) is 0 Å².